The molecule has 0 bridgehead atoms. The van der Waals surface area contributed by atoms with Crippen LogP contribution in [0.3, 0.4) is 0 Å². The second kappa shape index (κ2) is 9.28. The van der Waals surface area contributed by atoms with Gasteiger partial charge >= 0.3 is 6.18 Å². The summed E-state index contributed by atoms with van der Waals surface area (Å²) in [6.07, 6.45) is -1.33. The Morgan fingerprint density at radius 2 is 1.89 bits per heavy atom. The quantitative estimate of drug-likeness (QED) is 0.288. The summed E-state index contributed by atoms with van der Waals surface area (Å²) in [5, 5.41) is 12.1. The number of halogens is 4. The Labute approximate surface area is 200 Å². The van der Waals surface area contributed by atoms with Crippen molar-refractivity contribution in [2.75, 3.05) is 0 Å². The van der Waals surface area contributed by atoms with E-state index in [4.69, 9.17) is 4.52 Å². The molecule has 0 fully saturated rings. The SMILES string of the molecule is CC(C)(c1n[nH]c(CNC(=O)c2cc(-c3ncc(-c4ccc(C=O)cc4F)cn3)no2)n1)C(F)(F)F. The smallest absolute Gasteiger partial charge is 0.350 e. The molecule has 0 aliphatic carbocycles. The maximum absolute atomic E-state index is 14.2. The number of hydrogen-bond acceptors (Lipinski definition) is 8. The molecule has 0 saturated carbocycles. The van der Waals surface area contributed by atoms with Gasteiger partial charge in [-0.1, -0.05) is 17.3 Å². The van der Waals surface area contributed by atoms with E-state index in [0.29, 0.717) is 11.8 Å². The third-order valence-corrected chi connectivity index (χ3v) is 5.27. The Hall–Kier alpha value is -4.49. The zero-order valence-electron chi connectivity index (χ0n) is 18.7. The molecule has 3 heterocycles. The third kappa shape index (κ3) is 4.82. The van der Waals surface area contributed by atoms with E-state index in [1.807, 2.05) is 0 Å². The van der Waals surface area contributed by atoms with Gasteiger partial charge in [-0.05, 0) is 19.9 Å². The summed E-state index contributed by atoms with van der Waals surface area (Å²) in [5.74, 6) is -1.87. The molecule has 3 aromatic heterocycles. The lowest BCUT2D eigenvalue weighted by atomic mass is 9.92. The first-order valence-corrected chi connectivity index (χ1v) is 10.3. The molecule has 186 valence electrons. The van der Waals surface area contributed by atoms with Crippen LogP contribution in [-0.2, 0) is 12.0 Å². The Morgan fingerprint density at radius 1 is 1.17 bits per heavy atom. The van der Waals surface area contributed by atoms with Crippen molar-refractivity contribution in [1.29, 1.82) is 0 Å². The van der Waals surface area contributed by atoms with Crippen LogP contribution in [0.15, 0.2) is 41.2 Å². The fourth-order valence-electron chi connectivity index (χ4n) is 2.96. The van der Waals surface area contributed by atoms with Crippen LogP contribution < -0.4 is 5.32 Å². The largest absolute Gasteiger partial charge is 0.401 e. The van der Waals surface area contributed by atoms with E-state index in [0.717, 1.165) is 19.9 Å². The van der Waals surface area contributed by atoms with Gasteiger partial charge in [0.25, 0.3) is 5.91 Å². The zero-order valence-corrected chi connectivity index (χ0v) is 18.7. The minimum absolute atomic E-state index is 0.0164. The van der Waals surface area contributed by atoms with Crippen LogP contribution in [0, 0.1) is 5.82 Å². The van der Waals surface area contributed by atoms with E-state index in [2.05, 4.69) is 35.6 Å². The monoisotopic (exact) mass is 503 g/mol. The van der Waals surface area contributed by atoms with Crippen molar-refractivity contribution in [2.24, 2.45) is 0 Å². The van der Waals surface area contributed by atoms with Gasteiger partial charge in [0, 0.05) is 35.2 Å². The van der Waals surface area contributed by atoms with Crippen molar-refractivity contribution in [1.82, 2.24) is 35.6 Å². The van der Waals surface area contributed by atoms with Gasteiger partial charge in [0.15, 0.2) is 17.3 Å². The fourth-order valence-corrected chi connectivity index (χ4v) is 2.96. The van der Waals surface area contributed by atoms with Crippen LogP contribution in [-0.4, -0.2) is 48.7 Å². The van der Waals surface area contributed by atoms with Gasteiger partial charge in [-0.2, -0.15) is 18.3 Å². The predicted molar refractivity (Wildman–Crippen MR) is 115 cm³/mol. The van der Waals surface area contributed by atoms with E-state index in [1.165, 1.54) is 30.6 Å². The third-order valence-electron chi connectivity index (χ3n) is 5.27. The van der Waals surface area contributed by atoms with Crippen molar-refractivity contribution < 1.29 is 31.7 Å². The van der Waals surface area contributed by atoms with Crippen LogP contribution in [0.1, 0.15) is 46.4 Å². The zero-order chi connectivity index (χ0) is 26.1. The summed E-state index contributed by atoms with van der Waals surface area (Å²) in [6, 6.07) is 5.24. The van der Waals surface area contributed by atoms with Gasteiger partial charge in [0.05, 0.1) is 6.54 Å². The number of aromatic amines is 1. The Balaban J connectivity index is 1.41. The summed E-state index contributed by atoms with van der Waals surface area (Å²) < 4.78 is 58.6. The minimum Gasteiger partial charge on any atom is -0.350 e. The highest BCUT2D eigenvalue weighted by atomic mass is 19.4. The average Bonchev–Trinajstić information content (AvgIpc) is 3.52. The van der Waals surface area contributed by atoms with Gasteiger partial charge in [0.2, 0.25) is 5.76 Å². The number of nitrogens with zero attached hydrogens (tertiary/aromatic N) is 5. The van der Waals surface area contributed by atoms with E-state index in [-0.39, 0.29) is 40.8 Å². The van der Waals surface area contributed by atoms with Crippen molar-refractivity contribution in [3.63, 3.8) is 0 Å². The molecule has 0 saturated heterocycles. The Morgan fingerprint density at radius 3 is 2.53 bits per heavy atom. The lowest BCUT2D eigenvalue weighted by molar-refractivity contribution is -0.182. The standard InChI is InChI=1S/C22H17F4N7O3/c1-21(2,22(24,25)26)20-30-17(31-32-20)9-29-19(35)16-6-15(33-36-16)18-27-7-12(8-28-18)13-4-3-11(10-34)5-14(13)23/h3-8,10H,9H2,1-2H3,(H,29,35)(H,30,31,32). The van der Waals surface area contributed by atoms with Gasteiger partial charge in [-0.15, -0.1) is 0 Å². The lowest BCUT2D eigenvalue weighted by Gasteiger charge is -2.24. The molecule has 2 N–H and O–H groups in total. The molecular formula is C22H17F4N7O3. The first-order valence-electron chi connectivity index (χ1n) is 10.3. The number of aromatic nitrogens is 6. The number of carbonyl (C=O) groups excluding carboxylic acids is 2. The van der Waals surface area contributed by atoms with E-state index in [9.17, 15) is 27.2 Å². The second-order valence-corrected chi connectivity index (χ2v) is 8.14. The number of hydrogen-bond donors (Lipinski definition) is 2. The van der Waals surface area contributed by atoms with Crippen molar-refractivity contribution in [2.45, 2.75) is 32.0 Å². The van der Waals surface area contributed by atoms with Gasteiger partial charge < -0.3 is 9.84 Å². The number of carbonyl (C=O) groups is 2. The molecule has 0 aliphatic heterocycles. The van der Waals surface area contributed by atoms with Crippen LogP contribution in [0.4, 0.5) is 17.6 Å². The highest BCUT2D eigenvalue weighted by Gasteiger charge is 2.51. The number of aldehydes is 1. The number of benzene rings is 1. The first kappa shape index (κ1) is 24.6. The lowest BCUT2D eigenvalue weighted by Crippen LogP contribution is -2.37. The van der Waals surface area contributed by atoms with Crippen molar-refractivity contribution >= 4 is 12.2 Å². The first-order chi connectivity index (χ1) is 17.0. The summed E-state index contributed by atoms with van der Waals surface area (Å²) in [7, 11) is 0. The molecule has 1 amide bonds. The van der Waals surface area contributed by atoms with Crippen LogP contribution >= 0.6 is 0 Å². The maximum atomic E-state index is 14.2. The maximum Gasteiger partial charge on any atom is 0.401 e. The number of nitrogens with one attached hydrogen (secondary N) is 2. The van der Waals surface area contributed by atoms with E-state index < -0.39 is 29.1 Å². The highest BCUT2D eigenvalue weighted by molar-refractivity contribution is 5.92. The highest BCUT2D eigenvalue weighted by Crippen LogP contribution is 2.38. The number of rotatable bonds is 7. The minimum atomic E-state index is -4.55. The number of alkyl halides is 3. The molecule has 1 aromatic carbocycles. The Bertz CT molecular complexity index is 1410. The molecule has 4 rings (SSSR count). The number of amides is 1. The molecule has 0 spiro atoms. The molecule has 10 nitrogen and oxygen atoms in total. The summed E-state index contributed by atoms with van der Waals surface area (Å²) in [5.41, 5.74) is -1.41. The van der Waals surface area contributed by atoms with E-state index in [1.54, 1.807) is 0 Å². The molecule has 0 atom stereocenters. The summed E-state index contributed by atoms with van der Waals surface area (Å²) >= 11 is 0. The molecule has 14 heteroatoms. The van der Waals surface area contributed by atoms with Crippen LogP contribution in [0.2, 0.25) is 0 Å². The second-order valence-electron chi connectivity index (χ2n) is 8.14. The molecule has 0 aliphatic rings. The topological polar surface area (TPSA) is 140 Å². The molecule has 0 unspecified atom stereocenters. The van der Waals surface area contributed by atoms with E-state index >= 15 is 0 Å². The number of H-pyrrole nitrogens is 1. The van der Waals surface area contributed by atoms with Crippen LogP contribution in [0.25, 0.3) is 22.6 Å². The average molecular weight is 503 g/mol. The fraction of sp³-hybridized carbons (Fsp3) is 0.227. The normalized spacial score (nSPS) is 11.9. The molecule has 36 heavy (non-hydrogen) atoms. The summed E-state index contributed by atoms with van der Waals surface area (Å²) in [6.45, 7) is 1.65. The van der Waals surface area contributed by atoms with Gasteiger partial charge in [-0.3, -0.25) is 14.7 Å². The predicted octanol–water partition coefficient (Wildman–Crippen LogP) is 3.64. The van der Waals surface area contributed by atoms with Gasteiger partial charge in [-0.25, -0.2) is 19.3 Å². The molecule has 0 radical (unpaired) electrons. The van der Waals surface area contributed by atoms with Crippen molar-refractivity contribution in [3.8, 4) is 22.6 Å². The van der Waals surface area contributed by atoms with Gasteiger partial charge in [0.1, 0.15) is 23.3 Å². The summed E-state index contributed by atoms with van der Waals surface area (Å²) in [4.78, 5) is 35.1. The Kier molecular flexibility index (Phi) is 6.35. The van der Waals surface area contributed by atoms with Crippen LogP contribution in [0.5, 0.6) is 0 Å². The molecular weight excluding hydrogens is 486 g/mol. The molecule has 4 aromatic rings. The van der Waals surface area contributed by atoms with Crippen molar-refractivity contribution in [3.05, 3.63) is 65.4 Å².